The summed E-state index contributed by atoms with van der Waals surface area (Å²) in [5, 5.41) is 15.8. The molecule has 3 N–H and O–H groups in total. The fraction of sp³-hybridized carbons (Fsp3) is 0.310. The molecule has 0 bridgehead atoms. The highest BCUT2D eigenvalue weighted by molar-refractivity contribution is 6.06. The Kier molecular flexibility index (Phi) is 8.33. The Morgan fingerprint density at radius 2 is 1.72 bits per heavy atom. The first kappa shape index (κ1) is 27.4. The molecule has 3 amide bonds. The van der Waals surface area contributed by atoms with Gasteiger partial charge in [0.1, 0.15) is 24.1 Å². The summed E-state index contributed by atoms with van der Waals surface area (Å²) >= 11 is 0. The van der Waals surface area contributed by atoms with Crippen molar-refractivity contribution >= 4 is 40.7 Å². The number of fused-ring (bicyclic) bond motifs is 1. The van der Waals surface area contributed by atoms with E-state index in [1.54, 1.807) is 32.0 Å². The number of carboxylic acid groups (broad SMARTS) is 1. The van der Waals surface area contributed by atoms with Crippen molar-refractivity contribution in [2.75, 3.05) is 6.54 Å². The van der Waals surface area contributed by atoms with Gasteiger partial charge in [-0.25, -0.2) is 0 Å². The van der Waals surface area contributed by atoms with Crippen molar-refractivity contribution in [3.8, 4) is 0 Å². The maximum Gasteiger partial charge on any atom is 0.305 e. The highest BCUT2D eigenvalue weighted by Crippen LogP contribution is 2.35. The number of nitrogens with zero attached hydrogens (tertiary/aromatic N) is 2. The molecule has 10 nitrogen and oxygen atoms in total. The standard InChI is InChI=1S/C29H30N4O6/c1-17(2)24(32-27(37)25-21-11-7-6-10-19(21)12-13-30-25)29(39)33-15-22(18-8-4-3-5-9-18)26(33)28(38)31-20(16-34)14-23(35)36/h3-13,16-17,20,22,24,26H,14-15H2,1-2H3,(H,31,38)(H,32,37)(H,35,36)/t20-,22+,24-,26-/m0/s1. The van der Waals surface area contributed by atoms with Crippen molar-refractivity contribution in [2.24, 2.45) is 5.92 Å². The van der Waals surface area contributed by atoms with Crippen molar-refractivity contribution in [3.63, 3.8) is 0 Å². The lowest BCUT2D eigenvalue weighted by atomic mass is 9.80. The zero-order valence-corrected chi connectivity index (χ0v) is 21.6. The van der Waals surface area contributed by atoms with E-state index in [9.17, 15) is 24.0 Å². The zero-order chi connectivity index (χ0) is 28.1. The van der Waals surface area contributed by atoms with Crippen LogP contribution >= 0.6 is 0 Å². The van der Waals surface area contributed by atoms with E-state index >= 15 is 0 Å². The van der Waals surface area contributed by atoms with Crippen LogP contribution in [0.5, 0.6) is 0 Å². The second-order valence-corrected chi connectivity index (χ2v) is 9.88. The number of likely N-dealkylation sites (tertiary alicyclic amines) is 1. The van der Waals surface area contributed by atoms with Crippen LogP contribution in [-0.4, -0.2) is 69.6 Å². The molecule has 202 valence electrons. The lowest BCUT2D eigenvalue weighted by Gasteiger charge is -2.49. The van der Waals surface area contributed by atoms with Gasteiger partial charge in [-0.1, -0.05) is 68.4 Å². The number of hydrogen-bond acceptors (Lipinski definition) is 6. The Morgan fingerprint density at radius 1 is 1.03 bits per heavy atom. The Bertz CT molecular complexity index is 1390. The number of pyridine rings is 1. The molecule has 4 rings (SSSR count). The normalized spacial score (nSPS) is 18.1. The number of benzene rings is 2. The van der Waals surface area contributed by atoms with Crippen LogP contribution < -0.4 is 10.6 Å². The average Bonchev–Trinajstić information content (AvgIpc) is 2.90. The predicted octanol–water partition coefficient (Wildman–Crippen LogP) is 2.14. The number of carbonyl (C=O) groups is 5. The smallest absolute Gasteiger partial charge is 0.305 e. The van der Waals surface area contributed by atoms with Gasteiger partial charge in [0.15, 0.2) is 0 Å². The second-order valence-electron chi connectivity index (χ2n) is 9.88. The van der Waals surface area contributed by atoms with E-state index in [1.165, 1.54) is 11.1 Å². The molecule has 1 aliphatic rings. The van der Waals surface area contributed by atoms with Crippen LogP contribution in [0.1, 0.15) is 42.2 Å². The molecule has 0 spiro atoms. The number of carboxylic acids is 1. The molecule has 0 radical (unpaired) electrons. The average molecular weight is 531 g/mol. The third-order valence-corrected chi connectivity index (χ3v) is 6.88. The van der Waals surface area contributed by atoms with Gasteiger partial charge in [0.2, 0.25) is 11.8 Å². The Morgan fingerprint density at radius 3 is 2.38 bits per heavy atom. The van der Waals surface area contributed by atoms with Gasteiger partial charge in [-0.05, 0) is 22.9 Å². The molecule has 0 aliphatic carbocycles. The molecular formula is C29H30N4O6. The van der Waals surface area contributed by atoms with Crippen molar-refractivity contribution < 1.29 is 29.1 Å². The molecular weight excluding hydrogens is 500 g/mol. The van der Waals surface area contributed by atoms with Gasteiger partial charge in [-0.15, -0.1) is 0 Å². The topological polar surface area (TPSA) is 146 Å². The molecule has 0 saturated carbocycles. The number of aldehydes is 1. The van der Waals surface area contributed by atoms with Crippen LogP contribution in [0.15, 0.2) is 66.9 Å². The first-order chi connectivity index (χ1) is 18.7. The number of aromatic nitrogens is 1. The van der Waals surface area contributed by atoms with Gasteiger partial charge >= 0.3 is 5.97 Å². The third-order valence-electron chi connectivity index (χ3n) is 6.88. The molecule has 0 unspecified atom stereocenters. The van der Waals surface area contributed by atoms with E-state index in [0.29, 0.717) is 11.7 Å². The van der Waals surface area contributed by atoms with Crippen LogP contribution in [0.2, 0.25) is 0 Å². The van der Waals surface area contributed by atoms with Crippen molar-refractivity contribution in [3.05, 3.63) is 78.1 Å². The first-order valence-corrected chi connectivity index (χ1v) is 12.7. The highest BCUT2D eigenvalue weighted by Gasteiger charge is 2.49. The van der Waals surface area contributed by atoms with Gasteiger partial charge in [0.05, 0.1) is 12.5 Å². The lowest BCUT2D eigenvalue weighted by Crippen LogP contribution is -2.67. The predicted molar refractivity (Wildman–Crippen MR) is 143 cm³/mol. The van der Waals surface area contributed by atoms with Crippen LogP contribution in [0.25, 0.3) is 10.8 Å². The van der Waals surface area contributed by atoms with Gasteiger partial charge in [0, 0.05) is 24.0 Å². The Labute approximate surface area is 225 Å². The monoisotopic (exact) mass is 530 g/mol. The molecule has 1 fully saturated rings. The van der Waals surface area contributed by atoms with Gasteiger partial charge in [0.25, 0.3) is 5.91 Å². The Balaban J connectivity index is 1.58. The zero-order valence-electron chi connectivity index (χ0n) is 21.6. The summed E-state index contributed by atoms with van der Waals surface area (Å²) in [7, 11) is 0. The van der Waals surface area contributed by atoms with Crippen molar-refractivity contribution in [1.82, 2.24) is 20.5 Å². The van der Waals surface area contributed by atoms with E-state index in [2.05, 4.69) is 15.6 Å². The molecule has 2 heterocycles. The van der Waals surface area contributed by atoms with Gasteiger partial charge in [-0.3, -0.25) is 24.2 Å². The molecule has 1 aromatic heterocycles. The largest absolute Gasteiger partial charge is 0.481 e. The number of carbonyl (C=O) groups excluding carboxylic acids is 4. The summed E-state index contributed by atoms with van der Waals surface area (Å²) in [6, 6.07) is 15.1. The summed E-state index contributed by atoms with van der Waals surface area (Å²) in [5.41, 5.74) is 1.02. The molecule has 4 atom stereocenters. The summed E-state index contributed by atoms with van der Waals surface area (Å²) in [5.74, 6) is -3.51. The summed E-state index contributed by atoms with van der Waals surface area (Å²) in [6.07, 6.45) is 1.32. The number of hydrogen-bond donors (Lipinski definition) is 3. The van der Waals surface area contributed by atoms with Crippen molar-refractivity contribution in [2.45, 2.75) is 44.3 Å². The fourth-order valence-electron chi connectivity index (χ4n) is 4.84. The van der Waals surface area contributed by atoms with Crippen molar-refractivity contribution in [1.29, 1.82) is 0 Å². The number of rotatable bonds is 10. The summed E-state index contributed by atoms with van der Waals surface area (Å²) < 4.78 is 0. The SMILES string of the molecule is CC(C)[C@H](NC(=O)c1nccc2ccccc12)C(=O)N1C[C@H](c2ccccc2)[C@H]1C(=O)N[C@H](C=O)CC(=O)O. The van der Waals surface area contributed by atoms with E-state index in [1.807, 2.05) is 42.5 Å². The fourth-order valence-corrected chi connectivity index (χ4v) is 4.84. The van der Waals surface area contributed by atoms with Crippen LogP contribution in [-0.2, 0) is 19.2 Å². The minimum absolute atomic E-state index is 0.189. The molecule has 39 heavy (non-hydrogen) atoms. The van der Waals surface area contributed by atoms with E-state index in [0.717, 1.165) is 10.9 Å². The molecule has 1 saturated heterocycles. The second kappa shape index (κ2) is 11.8. The quantitative estimate of drug-likeness (QED) is 0.341. The molecule has 2 aromatic carbocycles. The highest BCUT2D eigenvalue weighted by atomic mass is 16.4. The van der Waals surface area contributed by atoms with E-state index in [-0.39, 0.29) is 24.1 Å². The van der Waals surface area contributed by atoms with Crippen LogP contribution in [0.3, 0.4) is 0 Å². The van der Waals surface area contributed by atoms with Crippen LogP contribution in [0.4, 0.5) is 0 Å². The molecule has 10 heteroatoms. The number of aliphatic carboxylic acids is 1. The molecule has 1 aliphatic heterocycles. The summed E-state index contributed by atoms with van der Waals surface area (Å²) in [6.45, 7) is 3.80. The maximum atomic E-state index is 13.8. The third kappa shape index (κ3) is 5.95. The van der Waals surface area contributed by atoms with E-state index < -0.39 is 48.2 Å². The van der Waals surface area contributed by atoms with Gasteiger partial charge < -0.3 is 25.4 Å². The maximum absolute atomic E-state index is 13.8. The first-order valence-electron chi connectivity index (χ1n) is 12.7. The summed E-state index contributed by atoms with van der Waals surface area (Å²) in [4.78, 5) is 68.5. The van der Waals surface area contributed by atoms with E-state index in [4.69, 9.17) is 5.11 Å². The number of nitrogens with one attached hydrogen (secondary N) is 2. The Hall–Kier alpha value is -4.60. The minimum atomic E-state index is -1.24. The number of amides is 3. The lowest BCUT2D eigenvalue weighted by molar-refractivity contribution is -0.152. The minimum Gasteiger partial charge on any atom is -0.481 e. The van der Waals surface area contributed by atoms with Gasteiger partial charge in [-0.2, -0.15) is 0 Å². The van der Waals surface area contributed by atoms with Crippen LogP contribution in [0, 0.1) is 5.92 Å². The molecule has 3 aromatic rings.